The molecule has 1 heterocycles. The van der Waals surface area contributed by atoms with Crippen molar-refractivity contribution < 1.29 is 34.3 Å². The van der Waals surface area contributed by atoms with Crippen molar-refractivity contribution in [1.82, 2.24) is 0 Å². The zero-order valence-corrected chi connectivity index (χ0v) is 18.9. The van der Waals surface area contributed by atoms with Gasteiger partial charge in [-0.15, -0.1) is 0 Å². The van der Waals surface area contributed by atoms with Gasteiger partial charge in [0.15, 0.2) is 0 Å². The topological polar surface area (TPSA) is 97.6 Å². The number of aliphatic hydroxyl groups is 3. The largest absolute Gasteiger partial charge is 0.494 e. The molecule has 2 aromatic rings. The maximum Gasteiger partial charge on any atom is 0.147 e. The van der Waals surface area contributed by atoms with Gasteiger partial charge in [-0.3, -0.25) is 0 Å². The number of hydrogen-bond acceptors (Lipinski definition) is 7. The number of rotatable bonds is 5. The summed E-state index contributed by atoms with van der Waals surface area (Å²) in [4.78, 5) is 0. The van der Waals surface area contributed by atoms with E-state index in [4.69, 9.17) is 30.5 Å². The van der Waals surface area contributed by atoms with E-state index in [2.05, 4.69) is 0 Å². The third-order valence-corrected chi connectivity index (χ3v) is 5.60. The van der Waals surface area contributed by atoms with Gasteiger partial charge in [-0.25, -0.2) is 0 Å². The number of aliphatic hydroxyl groups excluding tert-OH is 3. The summed E-state index contributed by atoms with van der Waals surface area (Å²) in [5.74, 6) is 0.819. The van der Waals surface area contributed by atoms with Gasteiger partial charge in [0.25, 0.3) is 0 Å². The molecule has 3 N–H and O–H groups in total. The highest BCUT2D eigenvalue weighted by Crippen LogP contribution is 2.29. The standard InChI is InChI=1S/C24H31ClO7/c1-2-31-20-6-3-16(4-7-20)9-18-10-17(5-8-21(18)25)24-11-22(27)23(28)14-29-12-19(26)13-30-15-32-24/h3-8,10,19,22-24,26-28H,2,9,11-15H2,1H3/t19?,22-,23-,24-/m1/s1. The highest BCUT2D eigenvalue weighted by molar-refractivity contribution is 6.31. The summed E-state index contributed by atoms with van der Waals surface area (Å²) < 4.78 is 22.0. The molecular formula is C24H31ClO7. The van der Waals surface area contributed by atoms with Gasteiger partial charge < -0.3 is 34.3 Å². The first-order chi connectivity index (χ1) is 15.5. The lowest BCUT2D eigenvalue weighted by atomic mass is 9.96. The Bertz CT molecular complexity index is 830. The Balaban J connectivity index is 1.76. The Morgan fingerprint density at radius 3 is 2.47 bits per heavy atom. The first-order valence-electron chi connectivity index (χ1n) is 10.8. The van der Waals surface area contributed by atoms with E-state index < -0.39 is 24.4 Å². The second-order valence-corrected chi connectivity index (χ2v) is 8.22. The van der Waals surface area contributed by atoms with Crippen molar-refractivity contribution in [3.05, 3.63) is 64.2 Å². The predicted octanol–water partition coefficient (Wildman–Crippen LogP) is 2.86. The summed E-state index contributed by atoms with van der Waals surface area (Å²) in [7, 11) is 0. The third-order valence-electron chi connectivity index (χ3n) is 5.23. The SMILES string of the molecule is CCOc1ccc(Cc2cc([C@H]3C[C@@H](O)[C@H](O)COCC(O)COCO3)ccc2Cl)cc1. The van der Waals surface area contributed by atoms with E-state index in [0.717, 1.165) is 22.4 Å². The summed E-state index contributed by atoms with van der Waals surface area (Å²) in [6, 6.07) is 13.4. The van der Waals surface area contributed by atoms with Crippen LogP contribution in [-0.4, -0.2) is 66.9 Å². The molecule has 0 radical (unpaired) electrons. The lowest BCUT2D eigenvalue weighted by Crippen LogP contribution is -2.35. The molecular weight excluding hydrogens is 436 g/mol. The number of hydrogen-bond donors (Lipinski definition) is 3. The van der Waals surface area contributed by atoms with E-state index in [-0.39, 0.29) is 33.0 Å². The molecule has 0 spiro atoms. The minimum absolute atomic E-state index is 0.0132. The fourth-order valence-electron chi connectivity index (χ4n) is 3.50. The van der Waals surface area contributed by atoms with Crippen LogP contribution in [0.15, 0.2) is 42.5 Å². The molecule has 4 atom stereocenters. The predicted molar refractivity (Wildman–Crippen MR) is 120 cm³/mol. The van der Waals surface area contributed by atoms with E-state index in [9.17, 15) is 15.3 Å². The summed E-state index contributed by atoms with van der Waals surface area (Å²) in [5, 5.41) is 31.1. The molecule has 2 aromatic carbocycles. The normalized spacial score (nSPS) is 25.5. The van der Waals surface area contributed by atoms with Crippen LogP contribution >= 0.6 is 11.6 Å². The van der Waals surface area contributed by atoms with Crippen molar-refractivity contribution in [3.8, 4) is 5.75 Å². The molecule has 0 aliphatic carbocycles. The number of benzene rings is 2. The molecule has 1 saturated heterocycles. The lowest BCUT2D eigenvalue weighted by molar-refractivity contribution is -0.144. The van der Waals surface area contributed by atoms with Gasteiger partial charge in [0, 0.05) is 11.4 Å². The van der Waals surface area contributed by atoms with E-state index >= 15 is 0 Å². The molecule has 1 aliphatic rings. The molecule has 0 aromatic heterocycles. The van der Waals surface area contributed by atoms with Crippen LogP contribution in [-0.2, 0) is 20.6 Å². The van der Waals surface area contributed by atoms with Crippen LogP contribution in [0.5, 0.6) is 5.75 Å². The van der Waals surface area contributed by atoms with Gasteiger partial charge >= 0.3 is 0 Å². The average Bonchev–Trinajstić information content (AvgIpc) is 2.78. The molecule has 0 saturated carbocycles. The number of ether oxygens (including phenoxy) is 4. The molecule has 1 unspecified atom stereocenters. The van der Waals surface area contributed by atoms with Crippen LogP contribution in [0.4, 0.5) is 0 Å². The van der Waals surface area contributed by atoms with E-state index in [0.29, 0.717) is 18.1 Å². The fourth-order valence-corrected chi connectivity index (χ4v) is 3.68. The molecule has 3 rings (SSSR count). The Kier molecular flexibility index (Phi) is 9.74. The van der Waals surface area contributed by atoms with Crippen molar-refractivity contribution >= 4 is 11.6 Å². The zero-order chi connectivity index (χ0) is 22.9. The maximum absolute atomic E-state index is 10.4. The molecule has 1 aliphatic heterocycles. The second kappa shape index (κ2) is 12.5. The van der Waals surface area contributed by atoms with Crippen molar-refractivity contribution in [2.75, 3.05) is 33.2 Å². The smallest absolute Gasteiger partial charge is 0.147 e. The first kappa shape index (κ1) is 24.9. The minimum atomic E-state index is -1.09. The molecule has 0 bridgehead atoms. The third kappa shape index (κ3) is 7.42. The van der Waals surface area contributed by atoms with Gasteiger partial charge in [-0.1, -0.05) is 35.9 Å². The summed E-state index contributed by atoms with van der Waals surface area (Å²) in [5.41, 5.74) is 2.80. The van der Waals surface area contributed by atoms with Crippen LogP contribution in [0.25, 0.3) is 0 Å². The fraction of sp³-hybridized carbons (Fsp3) is 0.500. The lowest BCUT2D eigenvalue weighted by Gasteiger charge is -2.26. The van der Waals surface area contributed by atoms with E-state index in [1.807, 2.05) is 43.3 Å². The van der Waals surface area contributed by atoms with Crippen LogP contribution in [0.1, 0.15) is 36.1 Å². The Labute approximate surface area is 193 Å². The molecule has 32 heavy (non-hydrogen) atoms. The Morgan fingerprint density at radius 2 is 1.72 bits per heavy atom. The van der Waals surface area contributed by atoms with Crippen molar-refractivity contribution in [3.63, 3.8) is 0 Å². The maximum atomic E-state index is 10.4. The molecule has 0 amide bonds. The van der Waals surface area contributed by atoms with Crippen molar-refractivity contribution in [2.24, 2.45) is 0 Å². The highest BCUT2D eigenvalue weighted by atomic mass is 35.5. The molecule has 7 nitrogen and oxygen atoms in total. The second-order valence-electron chi connectivity index (χ2n) is 7.81. The minimum Gasteiger partial charge on any atom is -0.494 e. The van der Waals surface area contributed by atoms with Gasteiger partial charge in [-0.05, 0) is 48.2 Å². The summed E-state index contributed by atoms with van der Waals surface area (Å²) in [6.07, 6.45) is -2.76. The van der Waals surface area contributed by atoms with Crippen LogP contribution in [0.2, 0.25) is 5.02 Å². The zero-order valence-electron chi connectivity index (χ0n) is 18.2. The monoisotopic (exact) mass is 466 g/mol. The van der Waals surface area contributed by atoms with Gasteiger partial charge in [0.1, 0.15) is 24.8 Å². The average molecular weight is 467 g/mol. The van der Waals surface area contributed by atoms with E-state index in [1.165, 1.54) is 0 Å². The van der Waals surface area contributed by atoms with Crippen LogP contribution < -0.4 is 4.74 Å². The summed E-state index contributed by atoms with van der Waals surface area (Å²) in [6.45, 7) is 2.47. The van der Waals surface area contributed by atoms with Crippen LogP contribution in [0.3, 0.4) is 0 Å². The van der Waals surface area contributed by atoms with Gasteiger partial charge in [0.05, 0.1) is 38.6 Å². The van der Waals surface area contributed by atoms with Gasteiger partial charge in [-0.2, -0.15) is 0 Å². The summed E-state index contributed by atoms with van der Waals surface area (Å²) >= 11 is 6.46. The molecule has 1 fully saturated rings. The first-order valence-corrected chi connectivity index (χ1v) is 11.2. The van der Waals surface area contributed by atoms with Crippen molar-refractivity contribution in [1.29, 1.82) is 0 Å². The van der Waals surface area contributed by atoms with Gasteiger partial charge in [0.2, 0.25) is 0 Å². The number of halogens is 1. The van der Waals surface area contributed by atoms with Crippen molar-refractivity contribution in [2.45, 2.75) is 44.2 Å². The Morgan fingerprint density at radius 1 is 0.969 bits per heavy atom. The van der Waals surface area contributed by atoms with E-state index in [1.54, 1.807) is 6.07 Å². The molecule has 8 heteroatoms. The van der Waals surface area contributed by atoms with Crippen LogP contribution in [0, 0.1) is 0 Å². The highest BCUT2D eigenvalue weighted by Gasteiger charge is 2.25. The molecule has 176 valence electrons. The Hall–Kier alpha value is -1.71. The quantitative estimate of drug-likeness (QED) is 0.623.